The van der Waals surface area contributed by atoms with Crippen molar-refractivity contribution in [2.45, 2.75) is 0 Å². The lowest BCUT2D eigenvalue weighted by atomic mass is 9.92. The molecule has 228 valence electrons. The summed E-state index contributed by atoms with van der Waals surface area (Å²) in [7, 11) is 0. The molecule has 48 heavy (non-hydrogen) atoms. The van der Waals surface area contributed by atoms with E-state index in [-0.39, 0.29) is 16.6 Å². The van der Waals surface area contributed by atoms with E-state index < -0.39 is 34.4 Å². The molecule has 0 saturated heterocycles. The molecule has 0 bridgehead atoms. The summed E-state index contributed by atoms with van der Waals surface area (Å²) >= 11 is 0. The summed E-state index contributed by atoms with van der Waals surface area (Å²) in [4.78, 5) is 15.1. The summed E-state index contributed by atoms with van der Waals surface area (Å²) < 4.78 is 62.4. The minimum atomic E-state index is -1.79. The van der Waals surface area contributed by atoms with Crippen molar-refractivity contribution < 1.29 is 17.6 Å². The topological polar surface area (TPSA) is 62.5 Å². The average molecular weight is 633 g/mol. The van der Waals surface area contributed by atoms with E-state index in [1.54, 1.807) is 0 Å². The van der Waals surface area contributed by atoms with Gasteiger partial charge in [-0.05, 0) is 12.1 Å². The number of rotatable bonds is 4. The van der Waals surface area contributed by atoms with Gasteiger partial charge in [0.05, 0.1) is 39.2 Å². The van der Waals surface area contributed by atoms with E-state index in [0.717, 1.165) is 5.56 Å². The van der Waals surface area contributed by atoms with Gasteiger partial charge in [0.15, 0.2) is 23.3 Å². The van der Waals surface area contributed by atoms with Crippen molar-refractivity contribution in [1.82, 2.24) is 15.0 Å². The largest absolute Gasteiger partial charge is 0.247 e. The molecule has 0 amide bonds. The van der Waals surface area contributed by atoms with Gasteiger partial charge in [0, 0.05) is 38.4 Å². The number of nitrogens with zero attached hydrogens (tertiary/aromatic N) is 4. The Labute approximate surface area is 271 Å². The van der Waals surface area contributed by atoms with Gasteiger partial charge in [-0.15, -0.1) is 0 Å². The van der Waals surface area contributed by atoms with E-state index in [0.29, 0.717) is 49.9 Å². The molecule has 0 fully saturated rings. The van der Waals surface area contributed by atoms with Crippen molar-refractivity contribution in [3.8, 4) is 51.0 Å². The Balaban J connectivity index is 1.65. The fraction of sp³-hybridized carbons (Fsp3) is 0. The second-order valence-electron chi connectivity index (χ2n) is 11.2. The van der Waals surface area contributed by atoms with Gasteiger partial charge in [-0.3, -0.25) is 0 Å². The lowest BCUT2D eigenvalue weighted by Crippen LogP contribution is -2.06. The van der Waals surface area contributed by atoms with Crippen LogP contribution in [0.5, 0.6) is 0 Å². The zero-order valence-corrected chi connectivity index (χ0v) is 24.8. The Bertz CT molecular complexity index is 2570. The molecule has 8 aromatic rings. The molecular weight excluding hydrogens is 612 g/mol. The number of hydrogen-bond acceptors (Lipinski definition) is 4. The number of halogens is 4. The van der Waals surface area contributed by atoms with Gasteiger partial charge in [-0.2, -0.15) is 5.26 Å². The summed E-state index contributed by atoms with van der Waals surface area (Å²) in [5.74, 6) is -7.01. The maximum Gasteiger partial charge on any atom is 0.180 e. The predicted molar refractivity (Wildman–Crippen MR) is 179 cm³/mol. The van der Waals surface area contributed by atoms with Gasteiger partial charge in [-0.25, -0.2) is 32.5 Å². The van der Waals surface area contributed by atoms with Crippen LogP contribution in [0.1, 0.15) is 5.56 Å². The zero-order chi connectivity index (χ0) is 32.9. The van der Waals surface area contributed by atoms with Gasteiger partial charge >= 0.3 is 0 Å². The highest BCUT2D eigenvalue weighted by molar-refractivity contribution is 6.24. The SMILES string of the molecule is N#Cc1c(F)c(F)c(-c2cc3c(-c4ccccc4)nc4ccccc4c3c3nc(-c4ccccc4)c(-c4ccccc4)nc23)c(F)c1F. The first-order valence-corrected chi connectivity index (χ1v) is 15.0. The van der Waals surface area contributed by atoms with Crippen molar-refractivity contribution in [3.63, 3.8) is 0 Å². The first-order valence-electron chi connectivity index (χ1n) is 15.0. The van der Waals surface area contributed by atoms with E-state index >= 15 is 17.6 Å². The van der Waals surface area contributed by atoms with Gasteiger partial charge in [-0.1, -0.05) is 109 Å². The number of hydrogen-bond donors (Lipinski definition) is 0. The molecule has 8 heteroatoms. The van der Waals surface area contributed by atoms with Crippen LogP contribution in [0.4, 0.5) is 17.6 Å². The highest BCUT2D eigenvalue weighted by Gasteiger charge is 2.30. The summed E-state index contributed by atoms with van der Waals surface area (Å²) in [5, 5.41) is 11.0. The van der Waals surface area contributed by atoms with Crippen LogP contribution in [0.25, 0.3) is 77.6 Å². The molecule has 0 aliphatic heterocycles. The third kappa shape index (κ3) is 4.48. The normalized spacial score (nSPS) is 11.3. The van der Waals surface area contributed by atoms with E-state index in [1.807, 2.05) is 115 Å². The molecule has 4 nitrogen and oxygen atoms in total. The van der Waals surface area contributed by atoms with E-state index in [2.05, 4.69) is 0 Å². The lowest BCUT2D eigenvalue weighted by Gasteiger charge is -2.18. The number of para-hydroxylation sites is 1. The minimum absolute atomic E-state index is 0.0118. The van der Waals surface area contributed by atoms with Gasteiger partial charge in [0.25, 0.3) is 0 Å². The van der Waals surface area contributed by atoms with Gasteiger partial charge < -0.3 is 0 Å². The average Bonchev–Trinajstić information content (AvgIpc) is 3.14. The second kappa shape index (κ2) is 11.4. The van der Waals surface area contributed by atoms with Crippen LogP contribution in [-0.2, 0) is 0 Å². The molecule has 8 rings (SSSR count). The number of benzene rings is 6. The van der Waals surface area contributed by atoms with Crippen LogP contribution in [-0.4, -0.2) is 15.0 Å². The Morgan fingerprint density at radius 1 is 0.479 bits per heavy atom. The molecule has 0 radical (unpaired) electrons. The van der Waals surface area contributed by atoms with Crippen LogP contribution < -0.4 is 0 Å². The summed E-state index contributed by atoms with van der Waals surface area (Å²) in [5.41, 5.74) is 1.78. The zero-order valence-electron chi connectivity index (χ0n) is 24.8. The van der Waals surface area contributed by atoms with Crippen LogP contribution >= 0.6 is 0 Å². The fourth-order valence-electron chi connectivity index (χ4n) is 6.20. The summed E-state index contributed by atoms with van der Waals surface area (Å²) in [6.45, 7) is 0. The maximum atomic E-state index is 16.0. The van der Waals surface area contributed by atoms with Crippen LogP contribution in [0.15, 0.2) is 121 Å². The molecule has 0 aliphatic carbocycles. The Kier molecular flexibility index (Phi) is 6.89. The maximum absolute atomic E-state index is 16.0. The molecule has 0 unspecified atom stereocenters. The predicted octanol–water partition coefficient (Wildman–Crippen LogP) is 10.4. The smallest absolute Gasteiger partial charge is 0.180 e. The second-order valence-corrected chi connectivity index (χ2v) is 11.2. The van der Waals surface area contributed by atoms with Gasteiger partial charge in [0.2, 0.25) is 0 Å². The highest BCUT2D eigenvalue weighted by atomic mass is 19.2. The molecule has 2 heterocycles. The van der Waals surface area contributed by atoms with Crippen molar-refractivity contribution in [3.05, 3.63) is 150 Å². The molecule has 0 spiro atoms. The number of nitriles is 1. The quantitative estimate of drug-likeness (QED) is 0.110. The van der Waals surface area contributed by atoms with Crippen molar-refractivity contribution in [1.29, 1.82) is 5.26 Å². The molecule has 0 saturated carbocycles. The minimum Gasteiger partial charge on any atom is -0.247 e. The summed E-state index contributed by atoms with van der Waals surface area (Å²) in [6, 6.07) is 37.9. The number of pyridine rings is 1. The fourth-order valence-corrected chi connectivity index (χ4v) is 6.20. The van der Waals surface area contributed by atoms with Gasteiger partial charge in [0.1, 0.15) is 11.6 Å². The molecular formula is C40H20F4N4. The van der Waals surface area contributed by atoms with E-state index in [4.69, 9.17) is 15.0 Å². The van der Waals surface area contributed by atoms with Crippen LogP contribution in [0.2, 0.25) is 0 Å². The standard InChI is InChI=1S/C40H20F4N4/c41-32-28(21-45)33(42)35(44)31(34(32)43)27-20-26-30(25-18-10-11-19-29(25)46-36(26)22-12-4-1-5-13-22)40-39(27)47-37(23-14-6-2-7-15-23)38(48-40)24-16-8-3-9-17-24/h1-20H. The third-order valence-corrected chi connectivity index (χ3v) is 8.39. The molecule has 0 atom stereocenters. The highest BCUT2D eigenvalue weighted by Crippen LogP contribution is 2.44. The van der Waals surface area contributed by atoms with E-state index in [9.17, 15) is 5.26 Å². The van der Waals surface area contributed by atoms with Crippen LogP contribution in [0, 0.1) is 34.6 Å². The van der Waals surface area contributed by atoms with Crippen LogP contribution in [0.3, 0.4) is 0 Å². The Hall–Kier alpha value is -6.46. The Morgan fingerprint density at radius 2 is 0.958 bits per heavy atom. The molecule has 6 aromatic carbocycles. The molecule has 2 aromatic heterocycles. The number of fused-ring (bicyclic) bond motifs is 5. The first-order chi connectivity index (χ1) is 23.5. The summed E-state index contributed by atoms with van der Waals surface area (Å²) in [6.07, 6.45) is 0. The molecule has 0 N–H and O–H groups in total. The Morgan fingerprint density at radius 3 is 1.50 bits per heavy atom. The molecule has 0 aliphatic rings. The van der Waals surface area contributed by atoms with E-state index in [1.165, 1.54) is 12.1 Å². The van der Waals surface area contributed by atoms with Crippen molar-refractivity contribution in [2.24, 2.45) is 0 Å². The third-order valence-electron chi connectivity index (χ3n) is 8.39. The number of aromatic nitrogens is 3. The lowest BCUT2D eigenvalue weighted by molar-refractivity contribution is 0.454. The van der Waals surface area contributed by atoms with Crippen molar-refractivity contribution >= 4 is 32.7 Å². The van der Waals surface area contributed by atoms with Crippen molar-refractivity contribution in [2.75, 3.05) is 0 Å². The monoisotopic (exact) mass is 632 g/mol. The first kappa shape index (κ1) is 29.0.